The van der Waals surface area contributed by atoms with Gasteiger partial charge in [0.1, 0.15) is 11.2 Å². The lowest BCUT2D eigenvalue weighted by molar-refractivity contribution is -0.135. The van der Waals surface area contributed by atoms with Gasteiger partial charge in [-0.2, -0.15) is 0 Å². The number of hydrogen-bond donors (Lipinski definition) is 2. The Hall–Kier alpha value is -2.93. The second-order valence-electron chi connectivity index (χ2n) is 9.38. The Kier molecular flexibility index (Phi) is 8.39. The van der Waals surface area contributed by atoms with Crippen molar-refractivity contribution in [3.63, 3.8) is 0 Å². The summed E-state index contributed by atoms with van der Waals surface area (Å²) in [6.07, 6.45) is 4.90. The molecule has 0 radical (unpaired) electrons. The molecule has 1 saturated heterocycles. The summed E-state index contributed by atoms with van der Waals surface area (Å²) in [6.45, 7) is 0.915. The van der Waals surface area contributed by atoms with Gasteiger partial charge in [0, 0.05) is 30.7 Å². The zero-order valence-corrected chi connectivity index (χ0v) is 20.3. The van der Waals surface area contributed by atoms with Gasteiger partial charge in [-0.25, -0.2) is 4.39 Å². The van der Waals surface area contributed by atoms with E-state index >= 15 is 0 Å². The van der Waals surface area contributed by atoms with Crippen molar-refractivity contribution in [2.24, 2.45) is 5.92 Å². The fraction of sp³-hybridized carbons (Fsp3) is 0.444. The fourth-order valence-corrected chi connectivity index (χ4v) is 5.23. The monoisotopic (exact) mass is 499 g/mol. The molecule has 1 aliphatic heterocycles. The molecule has 0 aromatic heterocycles. The van der Waals surface area contributed by atoms with E-state index in [9.17, 15) is 18.8 Å². The van der Waals surface area contributed by atoms with Crippen molar-refractivity contribution < 1.29 is 18.8 Å². The molecule has 4 atom stereocenters. The Morgan fingerprint density at radius 2 is 1.54 bits per heavy atom. The molecule has 0 spiro atoms. The van der Waals surface area contributed by atoms with Gasteiger partial charge in [-0.3, -0.25) is 14.4 Å². The summed E-state index contributed by atoms with van der Waals surface area (Å²) in [4.78, 5) is 40.5. The van der Waals surface area contributed by atoms with E-state index in [0.717, 1.165) is 37.7 Å². The van der Waals surface area contributed by atoms with Crippen LogP contribution >= 0.6 is 11.6 Å². The topological polar surface area (TPSA) is 78.5 Å². The van der Waals surface area contributed by atoms with Gasteiger partial charge in [-0.05, 0) is 55.5 Å². The molecule has 35 heavy (non-hydrogen) atoms. The summed E-state index contributed by atoms with van der Waals surface area (Å²) >= 11 is 6.45. The number of halogens is 2. The maximum Gasteiger partial charge on any atom is 0.251 e. The number of carbonyl (C=O) groups excluding carboxylic acids is 3. The highest BCUT2D eigenvalue weighted by molar-refractivity contribution is 6.30. The maximum atomic E-state index is 13.2. The Labute approximate surface area is 210 Å². The van der Waals surface area contributed by atoms with Crippen molar-refractivity contribution in [2.75, 3.05) is 13.1 Å². The Bertz CT molecular complexity index is 1030. The number of alkyl halides is 1. The van der Waals surface area contributed by atoms with Gasteiger partial charge in [0.05, 0.1) is 5.92 Å². The third-order valence-corrected chi connectivity index (χ3v) is 7.37. The number of hydrogen-bond acceptors (Lipinski definition) is 3. The van der Waals surface area contributed by atoms with Crippen molar-refractivity contribution >= 4 is 29.3 Å². The minimum atomic E-state index is -0.776. The molecule has 2 aromatic rings. The third kappa shape index (κ3) is 6.40. The zero-order chi connectivity index (χ0) is 24.8. The molecule has 2 aromatic carbocycles. The van der Waals surface area contributed by atoms with Gasteiger partial charge in [0.2, 0.25) is 11.8 Å². The normalized spacial score (nSPS) is 23.3. The van der Waals surface area contributed by atoms with Crippen molar-refractivity contribution in [1.29, 1.82) is 0 Å². The molecule has 3 amide bonds. The van der Waals surface area contributed by atoms with Crippen molar-refractivity contribution in [2.45, 2.75) is 56.0 Å². The van der Waals surface area contributed by atoms with Crippen molar-refractivity contribution in [1.82, 2.24) is 15.5 Å². The number of carbonyl (C=O) groups is 3. The van der Waals surface area contributed by atoms with Crippen LogP contribution in [-0.2, 0) is 9.59 Å². The van der Waals surface area contributed by atoms with Crippen LogP contribution in [0.1, 0.15) is 59.8 Å². The first-order chi connectivity index (χ1) is 16.9. The van der Waals surface area contributed by atoms with Crippen molar-refractivity contribution in [3.05, 3.63) is 71.5 Å². The Balaban J connectivity index is 1.35. The van der Waals surface area contributed by atoms with Gasteiger partial charge in [0.15, 0.2) is 0 Å². The largest absolute Gasteiger partial charge is 0.351 e. The molecule has 1 heterocycles. The Morgan fingerprint density at radius 1 is 0.886 bits per heavy atom. The van der Waals surface area contributed by atoms with Gasteiger partial charge >= 0.3 is 0 Å². The molecule has 8 heteroatoms. The van der Waals surface area contributed by atoms with Crippen LogP contribution in [0.5, 0.6) is 0 Å². The molecule has 6 nitrogen and oxygen atoms in total. The SMILES string of the molecule is O=C(N[C@@H]1CCCC[C@H]1NC(=O)C1CCCN(C(=O)C(Cl)c2ccccc2)C1)c1ccc(F)cc1. The second-order valence-corrected chi connectivity index (χ2v) is 9.82. The number of nitrogens with one attached hydrogen (secondary N) is 2. The number of amides is 3. The summed E-state index contributed by atoms with van der Waals surface area (Å²) in [6, 6.07) is 14.3. The van der Waals surface area contributed by atoms with Crippen LogP contribution in [0.3, 0.4) is 0 Å². The van der Waals surface area contributed by atoms with E-state index in [-0.39, 0.29) is 35.7 Å². The molecule has 4 rings (SSSR count). The number of nitrogens with zero attached hydrogens (tertiary/aromatic N) is 1. The van der Waals surface area contributed by atoms with Gasteiger partial charge in [-0.1, -0.05) is 43.2 Å². The molecule has 2 unspecified atom stereocenters. The second kappa shape index (κ2) is 11.7. The van der Waals surface area contributed by atoms with Crippen LogP contribution in [0.15, 0.2) is 54.6 Å². The predicted molar refractivity (Wildman–Crippen MR) is 132 cm³/mol. The van der Waals surface area contributed by atoms with Gasteiger partial charge < -0.3 is 15.5 Å². The molecule has 0 bridgehead atoms. The minimum Gasteiger partial charge on any atom is -0.351 e. The maximum absolute atomic E-state index is 13.2. The molecule has 2 N–H and O–H groups in total. The van der Waals surface area contributed by atoms with Crippen molar-refractivity contribution in [3.8, 4) is 0 Å². The molecule has 186 valence electrons. The molecular weight excluding hydrogens is 469 g/mol. The first-order valence-corrected chi connectivity index (χ1v) is 12.7. The van der Waals surface area contributed by atoms with Crippen LogP contribution in [-0.4, -0.2) is 47.8 Å². The lowest BCUT2D eigenvalue weighted by atomic mass is 9.88. The van der Waals surface area contributed by atoms with E-state index in [0.29, 0.717) is 25.1 Å². The van der Waals surface area contributed by atoms with Crippen LogP contribution in [0.4, 0.5) is 4.39 Å². The molecular formula is C27H31ClFN3O3. The molecule has 1 saturated carbocycles. The van der Waals surface area contributed by atoms with Crippen LogP contribution in [0.2, 0.25) is 0 Å². The third-order valence-electron chi connectivity index (χ3n) is 6.93. The predicted octanol–water partition coefficient (Wildman–Crippen LogP) is 4.20. The fourth-order valence-electron chi connectivity index (χ4n) is 4.95. The van der Waals surface area contributed by atoms with Crippen LogP contribution in [0, 0.1) is 11.7 Å². The highest BCUT2D eigenvalue weighted by Crippen LogP contribution is 2.27. The van der Waals surface area contributed by atoms with Gasteiger partial charge in [-0.15, -0.1) is 11.6 Å². The van der Waals surface area contributed by atoms with E-state index < -0.39 is 11.2 Å². The number of benzene rings is 2. The van der Waals surface area contributed by atoms with E-state index in [4.69, 9.17) is 11.6 Å². The molecule has 2 fully saturated rings. The highest BCUT2D eigenvalue weighted by Gasteiger charge is 2.34. The molecule has 2 aliphatic rings. The number of likely N-dealkylation sites (tertiary alicyclic amines) is 1. The van der Waals surface area contributed by atoms with Crippen LogP contribution < -0.4 is 10.6 Å². The zero-order valence-electron chi connectivity index (χ0n) is 19.6. The lowest BCUT2D eigenvalue weighted by Gasteiger charge is -2.36. The summed E-state index contributed by atoms with van der Waals surface area (Å²) < 4.78 is 13.2. The minimum absolute atomic E-state index is 0.0961. The highest BCUT2D eigenvalue weighted by atomic mass is 35.5. The summed E-state index contributed by atoms with van der Waals surface area (Å²) in [5.41, 5.74) is 1.13. The summed E-state index contributed by atoms with van der Waals surface area (Å²) in [7, 11) is 0. The first-order valence-electron chi connectivity index (χ1n) is 12.3. The van der Waals surface area contributed by atoms with Crippen LogP contribution in [0.25, 0.3) is 0 Å². The standard InChI is InChI=1S/C27H31ClFN3O3/c28-24(18-7-2-1-3-8-18)27(35)32-16-6-9-20(17-32)26(34)31-23-11-5-4-10-22(23)30-25(33)19-12-14-21(29)15-13-19/h1-3,7-8,12-15,20,22-24H,4-6,9-11,16-17H2,(H,30,33)(H,31,34)/t20?,22-,23-,24?/m1/s1. The van der Waals surface area contributed by atoms with Gasteiger partial charge in [0.25, 0.3) is 5.91 Å². The lowest BCUT2D eigenvalue weighted by Crippen LogP contribution is -2.55. The van der Waals surface area contributed by atoms with E-state index in [1.54, 1.807) is 4.90 Å². The quantitative estimate of drug-likeness (QED) is 0.585. The number of rotatable bonds is 6. The first kappa shape index (κ1) is 25.2. The summed E-state index contributed by atoms with van der Waals surface area (Å²) in [5, 5.41) is 5.38. The average Bonchev–Trinajstić information content (AvgIpc) is 2.90. The molecule has 1 aliphatic carbocycles. The van der Waals surface area contributed by atoms with E-state index in [1.165, 1.54) is 24.3 Å². The Morgan fingerprint density at radius 3 is 2.23 bits per heavy atom. The van der Waals surface area contributed by atoms with E-state index in [1.807, 2.05) is 30.3 Å². The van der Waals surface area contributed by atoms with E-state index in [2.05, 4.69) is 10.6 Å². The summed E-state index contributed by atoms with van der Waals surface area (Å²) in [5.74, 6) is -1.27. The average molecular weight is 500 g/mol. The smallest absolute Gasteiger partial charge is 0.251 e. The number of piperidine rings is 1.